The first kappa shape index (κ1) is 18.3. The van der Waals surface area contributed by atoms with E-state index >= 15 is 0 Å². The summed E-state index contributed by atoms with van der Waals surface area (Å²) in [6.07, 6.45) is 1.29. The fourth-order valence-electron chi connectivity index (χ4n) is 2.16. The van der Waals surface area contributed by atoms with Crippen molar-refractivity contribution in [3.05, 3.63) is 50.9 Å². The molecule has 3 rings (SSSR count). The Morgan fingerprint density at radius 1 is 1.22 bits per heavy atom. The molecule has 0 spiro atoms. The van der Waals surface area contributed by atoms with Gasteiger partial charge in [-0.15, -0.1) is 0 Å². The number of amides is 2. The number of nitrogens with zero attached hydrogens (tertiary/aromatic N) is 2. The van der Waals surface area contributed by atoms with E-state index in [4.69, 9.17) is 9.47 Å². The lowest BCUT2D eigenvalue weighted by Gasteiger charge is -2.18. The number of hydrogen-bond donors (Lipinski definition) is 2. The van der Waals surface area contributed by atoms with Gasteiger partial charge in [-0.1, -0.05) is 11.3 Å². The predicted molar refractivity (Wildman–Crippen MR) is 96.5 cm³/mol. The molecule has 140 valence electrons. The van der Waals surface area contributed by atoms with Crippen molar-refractivity contribution in [2.45, 2.75) is 0 Å². The fraction of sp³-hybridized carbons (Fsp3) is 0.188. The zero-order valence-corrected chi connectivity index (χ0v) is 14.7. The molecule has 11 heteroatoms. The van der Waals surface area contributed by atoms with Gasteiger partial charge in [0.15, 0.2) is 11.5 Å². The first-order chi connectivity index (χ1) is 13.0. The Labute approximate surface area is 156 Å². The third kappa shape index (κ3) is 4.79. The molecule has 2 aromatic rings. The molecule has 10 nitrogen and oxygen atoms in total. The van der Waals surface area contributed by atoms with Crippen molar-refractivity contribution >= 4 is 34.4 Å². The summed E-state index contributed by atoms with van der Waals surface area (Å²) >= 11 is 0.928. The minimum atomic E-state index is -0.539. The number of benzene rings is 1. The molecule has 0 saturated heterocycles. The standard InChI is InChI=1S/C16H14N4O6S/c21-14(19-18-8-11-2-4-15(27-11)20(23)24)9-17-16(22)10-1-3-12-13(7-10)26-6-5-25-12/h1-4,7-8H,5-6,9H2,(H,17,22)(H,19,21). The maximum absolute atomic E-state index is 12.1. The van der Waals surface area contributed by atoms with Gasteiger partial charge in [0.1, 0.15) is 13.2 Å². The Kier molecular flexibility index (Phi) is 5.61. The van der Waals surface area contributed by atoms with Gasteiger partial charge in [-0.05, 0) is 24.3 Å². The number of hydrogen-bond acceptors (Lipinski definition) is 8. The number of nitrogens with one attached hydrogen (secondary N) is 2. The summed E-state index contributed by atoms with van der Waals surface area (Å²) in [6.45, 7) is 0.582. The van der Waals surface area contributed by atoms with Crippen LogP contribution in [0.25, 0.3) is 0 Å². The maximum Gasteiger partial charge on any atom is 0.324 e. The van der Waals surface area contributed by atoms with Crippen LogP contribution in [-0.2, 0) is 4.79 Å². The SMILES string of the molecule is O=C(CNC(=O)c1ccc2c(c1)OCCO2)NN=Cc1ccc([N+](=O)[O-])s1. The van der Waals surface area contributed by atoms with Crippen molar-refractivity contribution in [3.63, 3.8) is 0 Å². The molecule has 0 aliphatic carbocycles. The molecule has 0 bridgehead atoms. The summed E-state index contributed by atoms with van der Waals surface area (Å²) in [5.74, 6) is 0.0647. The van der Waals surface area contributed by atoms with Crippen LogP contribution in [-0.4, -0.2) is 42.7 Å². The third-order valence-electron chi connectivity index (χ3n) is 3.39. The van der Waals surface area contributed by atoms with E-state index in [9.17, 15) is 19.7 Å². The topological polar surface area (TPSA) is 132 Å². The molecule has 0 fully saturated rings. The number of carbonyl (C=O) groups is 2. The van der Waals surface area contributed by atoms with E-state index in [1.165, 1.54) is 18.3 Å². The molecule has 2 N–H and O–H groups in total. The highest BCUT2D eigenvalue weighted by Crippen LogP contribution is 2.30. The van der Waals surface area contributed by atoms with Gasteiger partial charge in [-0.25, -0.2) is 5.43 Å². The maximum atomic E-state index is 12.1. The summed E-state index contributed by atoms with van der Waals surface area (Å²) in [6, 6.07) is 7.61. The molecule has 1 aliphatic rings. The smallest absolute Gasteiger partial charge is 0.324 e. The highest BCUT2D eigenvalue weighted by Gasteiger charge is 2.15. The van der Waals surface area contributed by atoms with E-state index in [0.29, 0.717) is 35.2 Å². The molecule has 27 heavy (non-hydrogen) atoms. The van der Waals surface area contributed by atoms with Crippen molar-refractivity contribution in [3.8, 4) is 11.5 Å². The Bertz CT molecular complexity index is 910. The Morgan fingerprint density at radius 3 is 2.74 bits per heavy atom. The molecule has 0 radical (unpaired) electrons. The second-order valence-electron chi connectivity index (χ2n) is 5.27. The second kappa shape index (κ2) is 8.27. The zero-order chi connectivity index (χ0) is 19.2. The van der Waals surface area contributed by atoms with E-state index < -0.39 is 16.7 Å². The second-order valence-corrected chi connectivity index (χ2v) is 6.36. The van der Waals surface area contributed by atoms with E-state index in [2.05, 4.69) is 15.8 Å². The van der Waals surface area contributed by atoms with Crippen molar-refractivity contribution in [1.82, 2.24) is 10.7 Å². The van der Waals surface area contributed by atoms with Gasteiger partial charge in [-0.3, -0.25) is 19.7 Å². The van der Waals surface area contributed by atoms with Crippen LogP contribution in [0.4, 0.5) is 5.00 Å². The highest BCUT2D eigenvalue weighted by atomic mass is 32.1. The molecule has 1 aliphatic heterocycles. The van der Waals surface area contributed by atoms with E-state index in [0.717, 1.165) is 11.3 Å². The summed E-state index contributed by atoms with van der Waals surface area (Å²) in [5.41, 5.74) is 2.57. The number of fused-ring (bicyclic) bond motifs is 1. The molecule has 0 atom stereocenters. The summed E-state index contributed by atoms with van der Waals surface area (Å²) < 4.78 is 10.8. The largest absolute Gasteiger partial charge is 0.486 e. The first-order valence-electron chi connectivity index (χ1n) is 7.77. The lowest BCUT2D eigenvalue weighted by Crippen LogP contribution is -2.35. The van der Waals surface area contributed by atoms with Crippen molar-refractivity contribution in [2.75, 3.05) is 19.8 Å². The Hall–Kier alpha value is -3.47. The normalized spacial score (nSPS) is 12.6. The minimum absolute atomic E-state index is 0.0190. The van der Waals surface area contributed by atoms with Gasteiger partial charge in [0.05, 0.1) is 22.6 Å². The van der Waals surface area contributed by atoms with Crippen LogP contribution in [0.3, 0.4) is 0 Å². The predicted octanol–water partition coefficient (Wildman–Crippen LogP) is 1.31. The first-order valence-corrected chi connectivity index (χ1v) is 8.58. The van der Waals surface area contributed by atoms with Gasteiger partial charge in [0.25, 0.3) is 11.8 Å². The van der Waals surface area contributed by atoms with E-state index in [1.807, 2.05) is 0 Å². The van der Waals surface area contributed by atoms with Crippen LogP contribution >= 0.6 is 11.3 Å². The molecule has 0 unspecified atom stereocenters. The summed E-state index contributed by atoms with van der Waals surface area (Å²) in [5, 5.41) is 16.7. The average Bonchev–Trinajstić information content (AvgIpc) is 3.15. The number of ether oxygens (including phenoxy) is 2. The van der Waals surface area contributed by atoms with Crippen molar-refractivity contribution in [1.29, 1.82) is 0 Å². The monoisotopic (exact) mass is 390 g/mol. The van der Waals surface area contributed by atoms with Gasteiger partial charge >= 0.3 is 5.00 Å². The number of hydrazone groups is 1. The van der Waals surface area contributed by atoms with Gasteiger partial charge in [-0.2, -0.15) is 5.10 Å². The van der Waals surface area contributed by atoms with E-state index in [1.54, 1.807) is 18.2 Å². The molecule has 1 aromatic carbocycles. The summed E-state index contributed by atoms with van der Waals surface area (Å²) in [4.78, 5) is 34.4. The highest BCUT2D eigenvalue weighted by molar-refractivity contribution is 7.16. The minimum Gasteiger partial charge on any atom is -0.486 e. The number of carbonyl (C=O) groups excluding carboxylic acids is 2. The third-order valence-corrected chi connectivity index (χ3v) is 4.36. The Morgan fingerprint density at radius 2 is 2.00 bits per heavy atom. The van der Waals surface area contributed by atoms with Crippen LogP contribution in [0.2, 0.25) is 0 Å². The van der Waals surface area contributed by atoms with Crippen LogP contribution < -0.4 is 20.2 Å². The number of nitro groups is 1. The zero-order valence-electron chi connectivity index (χ0n) is 13.8. The lowest BCUT2D eigenvalue weighted by molar-refractivity contribution is -0.380. The lowest BCUT2D eigenvalue weighted by atomic mass is 10.2. The number of thiophene rings is 1. The molecule has 1 aromatic heterocycles. The van der Waals surface area contributed by atoms with Gasteiger partial charge in [0, 0.05) is 11.6 Å². The molecule has 0 saturated carbocycles. The van der Waals surface area contributed by atoms with Crippen molar-refractivity contribution < 1.29 is 24.0 Å². The summed E-state index contributed by atoms with van der Waals surface area (Å²) in [7, 11) is 0. The van der Waals surface area contributed by atoms with Crippen LogP contribution in [0.5, 0.6) is 11.5 Å². The molecule has 2 heterocycles. The van der Waals surface area contributed by atoms with Crippen LogP contribution in [0, 0.1) is 10.1 Å². The van der Waals surface area contributed by atoms with Crippen LogP contribution in [0.15, 0.2) is 35.4 Å². The van der Waals surface area contributed by atoms with Gasteiger partial charge in [0.2, 0.25) is 0 Å². The van der Waals surface area contributed by atoms with Crippen molar-refractivity contribution in [2.24, 2.45) is 5.10 Å². The number of rotatable bonds is 6. The quantitative estimate of drug-likeness (QED) is 0.434. The molecular formula is C16H14N4O6S. The molecular weight excluding hydrogens is 376 g/mol. The van der Waals surface area contributed by atoms with Crippen LogP contribution in [0.1, 0.15) is 15.2 Å². The van der Waals surface area contributed by atoms with Gasteiger partial charge < -0.3 is 14.8 Å². The average molecular weight is 390 g/mol. The Balaban J connectivity index is 1.47. The molecule has 2 amide bonds. The van der Waals surface area contributed by atoms with E-state index in [-0.39, 0.29) is 11.5 Å². The fourth-order valence-corrected chi connectivity index (χ4v) is 2.86.